The molecule has 0 unspecified atom stereocenters. The van der Waals surface area contributed by atoms with E-state index in [4.69, 9.17) is 0 Å². The minimum atomic E-state index is -0.183. The van der Waals surface area contributed by atoms with Crippen LogP contribution in [0.3, 0.4) is 0 Å². The molecule has 0 bridgehead atoms. The van der Waals surface area contributed by atoms with Gasteiger partial charge in [0.25, 0.3) is 0 Å². The summed E-state index contributed by atoms with van der Waals surface area (Å²) in [5, 5.41) is 11.9. The Morgan fingerprint density at radius 2 is 1.96 bits per heavy atom. The molecule has 2 aromatic rings. The number of nitrogens with zero attached hydrogens (tertiary/aromatic N) is 3. The van der Waals surface area contributed by atoms with E-state index in [2.05, 4.69) is 60.6 Å². The number of aromatic nitrogens is 3. The molecule has 1 aromatic carbocycles. The van der Waals surface area contributed by atoms with Gasteiger partial charge in [-0.05, 0) is 43.9 Å². The molecule has 0 fully saturated rings. The van der Waals surface area contributed by atoms with Crippen LogP contribution in [0.2, 0.25) is 0 Å². The molecular weight excluding hydrogens is 320 g/mol. The van der Waals surface area contributed by atoms with Crippen LogP contribution in [0.15, 0.2) is 35.7 Å². The van der Waals surface area contributed by atoms with Gasteiger partial charge in [0, 0.05) is 11.2 Å². The number of carbonyl (C=O) groups excluding carboxylic acids is 1. The first-order chi connectivity index (χ1) is 11.3. The van der Waals surface area contributed by atoms with Gasteiger partial charge >= 0.3 is 0 Å². The first-order valence-electron chi connectivity index (χ1n) is 8.26. The Labute approximate surface area is 148 Å². The van der Waals surface area contributed by atoms with Crippen LogP contribution in [-0.4, -0.2) is 32.0 Å². The second-order valence-electron chi connectivity index (χ2n) is 6.80. The van der Waals surface area contributed by atoms with Crippen LogP contribution in [0.25, 0.3) is 5.69 Å². The SMILES string of the molecule is CCC(C)(C)NC(=O)CSc1nncn1-c1ccc(C(C)C)cc1. The number of carbonyl (C=O) groups is 1. The number of amides is 1. The largest absolute Gasteiger partial charge is 0.351 e. The normalized spacial score (nSPS) is 11.8. The van der Waals surface area contributed by atoms with E-state index in [1.807, 2.05) is 18.4 Å². The highest BCUT2D eigenvalue weighted by atomic mass is 32.2. The second-order valence-corrected chi connectivity index (χ2v) is 7.75. The maximum atomic E-state index is 12.1. The first-order valence-corrected chi connectivity index (χ1v) is 9.25. The van der Waals surface area contributed by atoms with Crippen LogP contribution in [0.4, 0.5) is 0 Å². The summed E-state index contributed by atoms with van der Waals surface area (Å²) in [7, 11) is 0. The minimum absolute atomic E-state index is 0.0107. The summed E-state index contributed by atoms with van der Waals surface area (Å²) in [6.45, 7) is 10.4. The lowest BCUT2D eigenvalue weighted by molar-refractivity contribution is -0.120. The van der Waals surface area contributed by atoms with E-state index in [1.165, 1.54) is 17.3 Å². The fraction of sp³-hybridized carbons (Fsp3) is 0.500. The molecule has 0 atom stereocenters. The third kappa shape index (κ3) is 4.84. The Hall–Kier alpha value is -1.82. The monoisotopic (exact) mass is 346 g/mol. The Balaban J connectivity index is 2.04. The second kappa shape index (κ2) is 7.83. The number of nitrogens with one attached hydrogen (secondary N) is 1. The van der Waals surface area contributed by atoms with Crippen LogP contribution < -0.4 is 5.32 Å². The van der Waals surface area contributed by atoms with Crippen molar-refractivity contribution in [2.45, 2.75) is 57.7 Å². The van der Waals surface area contributed by atoms with Gasteiger partial charge in [-0.3, -0.25) is 9.36 Å². The van der Waals surface area contributed by atoms with Crippen LogP contribution in [0.5, 0.6) is 0 Å². The summed E-state index contributed by atoms with van der Waals surface area (Å²) >= 11 is 1.40. The zero-order valence-corrected chi connectivity index (χ0v) is 15.9. The molecule has 6 heteroatoms. The minimum Gasteiger partial charge on any atom is -0.351 e. The number of thioether (sulfide) groups is 1. The number of benzene rings is 1. The van der Waals surface area contributed by atoms with E-state index >= 15 is 0 Å². The van der Waals surface area contributed by atoms with Gasteiger partial charge in [-0.2, -0.15) is 0 Å². The molecular formula is C18H26N4OS. The highest BCUT2D eigenvalue weighted by molar-refractivity contribution is 7.99. The smallest absolute Gasteiger partial charge is 0.230 e. The van der Waals surface area contributed by atoms with Crippen molar-refractivity contribution in [2.75, 3.05) is 5.75 Å². The van der Waals surface area contributed by atoms with E-state index in [-0.39, 0.29) is 11.4 Å². The fourth-order valence-electron chi connectivity index (χ4n) is 2.15. The van der Waals surface area contributed by atoms with Crippen molar-refractivity contribution in [1.29, 1.82) is 0 Å². The van der Waals surface area contributed by atoms with E-state index in [0.717, 1.165) is 17.3 Å². The molecule has 1 N–H and O–H groups in total. The van der Waals surface area contributed by atoms with Gasteiger partial charge in [-0.25, -0.2) is 0 Å². The first kappa shape index (κ1) is 18.5. The van der Waals surface area contributed by atoms with E-state index in [1.54, 1.807) is 6.33 Å². The van der Waals surface area contributed by atoms with Crippen LogP contribution in [0.1, 0.15) is 52.5 Å². The summed E-state index contributed by atoms with van der Waals surface area (Å²) in [5.41, 5.74) is 2.11. The van der Waals surface area contributed by atoms with Gasteiger partial charge in [0.05, 0.1) is 5.75 Å². The average molecular weight is 347 g/mol. The van der Waals surface area contributed by atoms with Crippen molar-refractivity contribution in [3.8, 4) is 5.69 Å². The quantitative estimate of drug-likeness (QED) is 0.775. The molecule has 24 heavy (non-hydrogen) atoms. The van der Waals surface area contributed by atoms with Crippen LogP contribution >= 0.6 is 11.8 Å². The van der Waals surface area contributed by atoms with Gasteiger partial charge < -0.3 is 5.32 Å². The van der Waals surface area contributed by atoms with Gasteiger partial charge in [0.2, 0.25) is 5.91 Å². The lowest BCUT2D eigenvalue weighted by Gasteiger charge is -2.24. The Morgan fingerprint density at radius 3 is 2.54 bits per heavy atom. The topological polar surface area (TPSA) is 59.8 Å². The molecule has 130 valence electrons. The Kier molecular flexibility index (Phi) is 6.04. The Morgan fingerprint density at radius 1 is 1.29 bits per heavy atom. The summed E-state index contributed by atoms with van der Waals surface area (Å²) < 4.78 is 1.91. The Bertz CT molecular complexity index is 677. The van der Waals surface area contributed by atoms with E-state index in [9.17, 15) is 4.79 Å². The number of hydrogen-bond acceptors (Lipinski definition) is 4. The lowest BCUT2D eigenvalue weighted by atomic mass is 10.0. The molecule has 1 heterocycles. The third-order valence-electron chi connectivity index (χ3n) is 4.05. The highest BCUT2D eigenvalue weighted by Crippen LogP contribution is 2.22. The van der Waals surface area contributed by atoms with Gasteiger partial charge in [0.1, 0.15) is 6.33 Å². The molecule has 0 spiro atoms. The maximum Gasteiger partial charge on any atom is 0.230 e. The van der Waals surface area contributed by atoms with Crippen LogP contribution in [0, 0.1) is 0 Å². The molecule has 2 rings (SSSR count). The van der Waals surface area contributed by atoms with E-state index < -0.39 is 0 Å². The molecule has 1 amide bonds. The lowest BCUT2D eigenvalue weighted by Crippen LogP contribution is -2.43. The average Bonchev–Trinajstić information content (AvgIpc) is 3.01. The third-order valence-corrected chi connectivity index (χ3v) is 4.99. The molecule has 0 aliphatic carbocycles. The summed E-state index contributed by atoms with van der Waals surface area (Å²) in [5.74, 6) is 0.836. The molecule has 0 saturated heterocycles. The van der Waals surface area contributed by atoms with E-state index in [0.29, 0.717) is 11.7 Å². The summed E-state index contributed by atoms with van der Waals surface area (Å²) in [4.78, 5) is 12.1. The number of rotatable bonds is 7. The number of hydrogen-bond donors (Lipinski definition) is 1. The standard InChI is InChI=1S/C18H26N4OS/c1-6-18(4,5)20-16(23)11-24-17-21-19-12-22(17)15-9-7-14(8-10-15)13(2)3/h7-10,12-13H,6,11H2,1-5H3,(H,20,23). The van der Waals surface area contributed by atoms with Crippen molar-refractivity contribution in [3.63, 3.8) is 0 Å². The molecule has 0 aliphatic heterocycles. The molecule has 0 saturated carbocycles. The molecule has 5 nitrogen and oxygen atoms in total. The van der Waals surface area contributed by atoms with Crippen molar-refractivity contribution in [3.05, 3.63) is 36.2 Å². The maximum absolute atomic E-state index is 12.1. The van der Waals surface area contributed by atoms with Crippen molar-refractivity contribution >= 4 is 17.7 Å². The summed E-state index contributed by atoms with van der Waals surface area (Å²) in [6.07, 6.45) is 2.57. The summed E-state index contributed by atoms with van der Waals surface area (Å²) in [6, 6.07) is 8.35. The van der Waals surface area contributed by atoms with Crippen molar-refractivity contribution < 1.29 is 4.79 Å². The molecule has 0 aliphatic rings. The zero-order chi connectivity index (χ0) is 17.7. The van der Waals surface area contributed by atoms with Gasteiger partial charge in [-0.15, -0.1) is 10.2 Å². The van der Waals surface area contributed by atoms with Crippen molar-refractivity contribution in [1.82, 2.24) is 20.1 Å². The van der Waals surface area contributed by atoms with Crippen LogP contribution in [-0.2, 0) is 4.79 Å². The molecule has 0 radical (unpaired) electrons. The van der Waals surface area contributed by atoms with Gasteiger partial charge in [-0.1, -0.05) is 44.7 Å². The zero-order valence-electron chi connectivity index (χ0n) is 15.0. The predicted molar refractivity (Wildman–Crippen MR) is 98.7 cm³/mol. The predicted octanol–water partition coefficient (Wildman–Crippen LogP) is 3.79. The molecule has 1 aromatic heterocycles. The van der Waals surface area contributed by atoms with Gasteiger partial charge in [0.15, 0.2) is 5.16 Å². The fourth-order valence-corrected chi connectivity index (χ4v) is 2.88. The van der Waals surface area contributed by atoms with Crippen molar-refractivity contribution in [2.24, 2.45) is 0 Å². The highest BCUT2D eigenvalue weighted by Gasteiger charge is 2.18.